The van der Waals surface area contributed by atoms with E-state index in [0.717, 1.165) is 22.4 Å². The summed E-state index contributed by atoms with van der Waals surface area (Å²) in [5.41, 5.74) is 4.29. The van der Waals surface area contributed by atoms with E-state index in [-0.39, 0.29) is 12.2 Å². The molecule has 0 saturated carbocycles. The summed E-state index contributed by atoms with van der Waals surface area (Å²) in [5, 5.41) is 8.94. The van der Waals surface area contributed by atoms with Crippen LogP contribution in [0.2, 0.25) is 0 Å². The normalized spacial score (nSPS) is 17.8. The molecule has 0 spiro atoms. The molecule has 0 bridgehead atoms. The number of hydrogen-bond acceptors (Lipinski definition) is 2. The van der Waals surface area contributed by atoms with E-state index in [1.54, 1.807) is 6.08 Å². The maximum absolute atomic E-state index is 8.94. The third kappa shape index (κ3) is 2.49. The summed E-state index contributed by atoms with van der Waals surface area (Å²) in [6, 6.07) is 6.20. The zero-order valence-corrected chi connectivity index (χ0v) is 11.4. The molecule has 2 heteroatoms. The predicted octanol–water partition coefficient (Wildman–Crippen LogP) is 3.66. The van der Waals surface area contributed by atoms with Crippen molar-refractivity contribution < 1.29 is 9.84 Å². The van der Waals surface area contributed by atoms with Gasteiger partial charge in [-0.1, -0.05) is 18.2 Å². The first-order valence-electron chi connectivity index (χ1n) is 6.24. The van der Waals surface area contributed by atoms with Crippen molar-refractivity contribution >= 4 is 11.1 Å². The summed E-state index contributed by atoms with van der Waals surface area (Å²) >= 11 is 0. The first-order chi connectivity index (χ1) is 8.43. The lowest BCUT2D eigenvalue weighted by Gasteiger charge is -2.30. The van der Waals surface area contributed by atoms with Gasteiger partial charge in [0, 0.05) is 5.56 Å². The molecule has 0 fully saturated rings. The van der Waals surface area contributed by atoms with Crippen molar-refractivity contribution in [3.8, 4) is 5.75 Å². The Labute approximate surface area is 109 Å². The molecule has 1 aliphatic heterocycles. The van der Waals surface area contributed by atoms with Crippen LogP contribution in [0.3, 0.4) is 0 Å². The SMILES string of the molecule is CC1=CC(C)(C)Oc2cc(/C(C)=C\CO)ccc21. The largest absolute Gasteiger partial charge is 0.483 e. The van der Waals surface area contributed by atoms with E-state index < -0.39 is 0 Å². The molecule has 0 unspecified atom stereocenters. The summed E-state index contributed by atoms with van der Waals surface area (Å²) in [4.78, 5) is 0. The first-order valence-corrected chi connectivity index (χ1v) is 6.24. The number of hydrogen-bond donors (Lipinski definition) is 1. The van der Waals surface area contributed by atoms with Crippen LogP contribution in [0.4, 0.5) is 0 Å². The van der Waals surface area contributed by atoms with E-state index in [4.69, 9.17) is 9.84 Å². The predicted molar refractivity (Wildman–Crippen MR) is 75.5 cm³/mol. The van der Waals surface area contributed by atoms with Gasteiger partial charge in [-0.3, -0.25) is 0 Å². The minimum atomic E-state index is -0.260. The van der Waals surface area contributed by atoms with Crippen LogP contribution in [0.25, 0.3) is 11.1 Å². The Hall–Kier alpha value is -1.54. The molecule has 0 radical (unpaired) electrons. The lowest BCUT2D eigenvalue weighted by Crippen LogP contribution is -2.28. The molecule has 1 heterocycles. The summed E-state index contributed by atoms with van der Waals surface area (Å²) in [5.74, 6) is 0.920. The van der Waals surface area contributed by atoms with Gasteiger partial charge in [-0.05, 0) is 56.5 Å². The fraction of sp³-hybridized carbons (Fsp3) is 0.375. The van der Waals surface area contributed by atoms with E-state index >= 15 is 0 Å². The molecule has 1 aromatic carbocycles. The molecule has 2 rings (SSSR count). The Bertz CT molecular complexity index is 522. The number of fused-ring (bicyclic) bond motifs is 1. The van der Waals surface area contributed by atoms with E-state index in [1.165, 1.54) is 5.57 Å². The van der Waals surface area contributed by atoms with Gasteiger partial charge in [0.1, 0.15) is 11.4 Å². The van der Waals surface area contributed by atoms with Crippen molar-refractivity contribution in [2.24, 2.45) is 0 Å². The summed E-state index contributed by atoms with van der Waals surface area (Å²) < 4.78 is 5.99. The zero-order chi connectivity index (χ0) is 13.3. The Morgan fingerprint density at radius 2 is 2.11 bits per heavy atom. The number of ether oxygens (including phenoxy) is 1. The highest BCUT2D eigenvalue weighted by molar-refractivity contribution is 5.75. The lowest BCUT2D eigenvalue weighted by molar-refractivity contribution is 0.158. The first kappa shape index (κ1) is 12.9. The molecule has 0 atom stereocenters. The smallest absolute Gasteiger partial charge is 0.128 e. The van der Waals surface area contributed by atoms with E-state index in [0.29, 0.717) is 0 Å². The average Bonchev–Trinajstić information content (AvgIpc) is 2.26. The zero-order valence-electron chi connectivity index (χ0n) is 11.4. The minimum Gasteiger partial charge on any atom is -0.483 e. The molecule has 0 aromatic heterocycles. The van der Waals surface area contributed by atoms with Crippen molar-refractivity contribution in [3.63, 3.8) is 0 Å². The molecule has 18 heavy (non-hydrogen) atoms. The number of rotatable bonds is 2. The summed E-state index contributed by atoms with van der Waals surface area (Å²) in [6.45, 7) is 8.28. The molecule has 1 aromatic rings. The van der Waals surface area contributed by atoms with Gasteiger partial charge in [0.15, 0.2) is 0 Å². The highest BCUT2D eigenvalue weighted by atomic mass is 16.5. The maximum atomic E-state index is 8.94. The Morgan fingerprint density at radius 1 is 1.39 bits per heavy atom. The second-order valence-corrected chi connectivity index (χ2v) is 5.31. The molecule has 0 aliphatic carbocycles. The van der Waals surface area contributed by atoms with Gasteiger partial charge in [0.05, 0.1) is 6.61 Å². The van der Waals surface area contributed by atoms with Crippen LogP contribution in [-0.2, 0) is 0 Å². The molecule has 0 amide bonds. The fourth-order valence-electron chi connectivity index (χ4n) is 2.34. The second-order valence-electron chi connectivity index (χ2n) is 5.31. The van der Waals surface area contributed by atoms with Gasteiger partial charge >= 0.3 is 0 Å². The van der Waals surface area contributed by atoms with Crippen LogP contribution in [0.5, 0.6) is 5.75 Å². The molecule has 1 aliphatic rings. The highest BCUT2D eigenvalue weighted by Gasteiger charge is 2.24. The molecule has 96 valence electrons. The van der Waals surface area contributed by atoms with Crippen molar-refractivity contribution in [1.82, 2.24) is 0 Å². The molecule has 2 nitrogen and oxygen atoms in total. The second kappa shape index (κ2) is 4.62. The van der Waals surface area contributed by atoms with Crippen LogP contribution in [-0.4, -0.2) is 17.3 Å². The highest BCUT2D eigenvalue weighted by Crippen LogP contribution is 2.37. The van der Waals surface area contributed by atoms with Crippen LogP contribution in [0, 0.1) is 0 Å². The quantitative estimate of drug-likeness (QED) is 0.860. The van der Waals surface area contributed by atoms with Crippen LogP contribution < -0.4 is 4.74 Å². The molecular weight excluding hydrogens is 224 g/mol. The summed E-state index contributed by atoms with van der Waals surface area (Å²) in [6.07, 6.45) is 3.95. The molecule has 0 saturated heterocycles. The van der Waals surface area contributed by atoms with Crippen LogP contribution in [0.1, 0.15) is 38.8 Å². The maximum Gasteiger partial charge on any atom is 0.128 e. The standard InChI is InChI=1S/C16H20O2/c1-11(7-8-17)13-5-6-14-12(2)10-16(3,4)18-15(14)9-13/h5-7,9-10,17H,8H2,1-4H3/b11-7-. The van der Waals surface area contributed by atoms with Gasteiger partial charge in [-0.25, -0.2) is 0 Å². The van der Waals surface area contributed by atoms with Crippen LogP contribution >= 0.6 is 0 Å². The Morgan fingerprint density at radius 3 is 2.78 bits per heavy atom. The van der Waals surface area contributed by atoms with Crippen molar-refractivity contribution in [1.29, 1.82) is 0 Å². The molecule has 1 N–H and O–H groups in total. The topological polar surface area (TPSA) is 29.5 Å². The fourth-order valence-corrected chi connectivity index (χ4v) is 2.34. The third-order valence-corrected chi connectivity index (χ3v) is 3.20. The number of aliphatic hydroxyl groups is 1. The van der Waals surface area contributed by atoms with Gasteiger partial charge in [-0.2, -0.15) is 0 Å². The van der Waals surface area contributed by atoms with Gasteiger partial charge in [0.2, 0.25) is 0 Å². The molecular formula is C16H20O2. The van der Waals surface area contributed by atoms with Gasteiger partial charge < -0.3 is 9.84 Å². The minimum absolute atomic E-state index is 0.0637. The number of aliphatic hydroxyl groups excluding tert-OH is 1. The van der Waals surface area contributed by atoms with Crippen molar-refractivity contribution in [2.75, 3.05) is 6.61 Å². The van der Waals surface area contributed by atoms with Gasteiger partial charge in [-0.15, -0.1) is 0 Å². The third-order valence-electron chi connectivity index (χ3n) is 3.20. The number of benzene rings is 1. The monoisotopic (exact) mass is 244 g/mol. The number of allylic oxidation sites excluding steroid dienone is 2. The van der Waals surface area contributed by atoms with E-state index in [1.807, 2.05) is 6.92 Å². The Kier molecular flexibility index (Phi) is 3.31. The average molecular weight is 244 g/mol. The van der Waals surface area contributed by atoms with E-state index in [2.05, 4.69) is 45.0 Å². The van der Waals surface area contributed by atoms with E-state index in [9.17, 15) is 0 Å². The lowest BCUT2D eigenvalue weighted by atomic mass is 9.94. The Balaban J connectivity index is 2.46. The van der Waals surface area contributed by atoms with Gasteiger partial charge in [0.25, 0.3) is 0 Å². The summed E-state index contributed by atoms with van der Waals surface area (Å²) in [7, 11) is 0. The van der Waals surface area contributed by atoms with Crippen molar-refractivity contribution in [3.05, 3.63) is 41.5 Å². The van der Waals surface area contributed by atoms with Crippen molar-refractivity contribution in [2.45, 2.75) is 33.3 Å². The van der Waals surface area contributed by atoms with Crippen LogP contribution in [0.15, 0.2) is 30.4 Å².